The second kappa shape index (κ2) is 6.53. The van der Waals surface area contributed by atoms with Crippen molar-refractivity contribution in [3.63, 3.8) is 0 Å². The molecular formula is C17H20ClN. The predicted molar refractivity (Wildman–Crippen MR) is 85.6 cm³/mol. The van der Waals surface area contributed by atoms with E-state index in [0.29, 0.717) is 0 Å². The SMILES string of the molecule is CC(C)(C)c1ccc(C=Cc2ccccn2)cc1.Cl. The first-order valence-corrected chi connectivity index (χ1v) is 6.25. The maximum absolute atomic E-state index is 4.26. The van der Waals surface area contributed by atoms with Gasteiger partial charge in [-0.2, -0.15) is 0 Å². The molecular weight excluding hydrogens is 254 g/mol. The van der Waals surface area contributed by atoms with Crippen LogP contribution in [0.3, 0.4) is 0 Å². The molecule has 0 radical (unpaired) electrons. The zero-order chi connectivity index (χ0) is 13.0. The molecule has 1 aromatic carbocycles. The van der Waals surface area contributed by atoms with E-state index < -0.39 is 0 Å². The molecule has 0 saturated heterocycles. The summed E-state index contributed by atoms with van der Waals surface area (Å²) in [6, 6.07) is 14.6. The van der Waals surface area contributed by atoms with Crippen molar-refractivity contribution >= 4 is 24.6 Å². The molecule has 0 bridgehead atoms. The van der Waals surface area contributed by atoms with Gasteiger partial charge in [-0.3, -0.25) is 4.98 Å². The van der Waals surface area contributed by atoms with Crippen molar-refractivity contribution in [2.24, 2.45) is 0 Å². The van der Waals surface area contributed by atoms with Crippen LogP contribution in [0.5, 0.6) is 0 Å². The van der Waals surface area contributed by atoms with Crippen molar-refractivity contribution < 1.29 is 0 Å². The van der Waals surface area contributed by atoms with Crippen LogP contribution in [-0.2, 0) is 5.41 Å². The third kappa shape index (κ3) is 4.53. The molecule has 0 aliphatic carbocycles. The highest BCUT2D eigenvalue weighted by atomic mass is 35.5. The molecule has 2 aromatic rings. The molecule has 100 valence electrons. The number of halogens is 1. The molecule has 0 aliphatic rings. The lowest BCUT2D eigenvalue weighted by molar-refractivity contribution is 0.590. The van der Waals surface area contributed by atoms with Gasteiger partial charge in [-0.15, -0.1) is 12.4 Å². The zero-order valence-corrected chi connectivity index (χ0v) is 12.4. The van der Waals surface area contributed by atoms with E-state index in [0.717, 1.165) is 5.69 Å². The Hall–Kier alpha value is -1.60. The molecule has 0 atom stereocenters. The van der Waals surface area contributed by atoms with Gasteiger partial charge in [-0.05, 0) is 34.8 Å². The molecule has 2 rings (SSSR count). The minimum absolute atomic E-state index is 0. The summed E-state index contributed by atoms with van der Waals surface area (Å²) in [7, 11) is 0. The highest BCUT2D eigenvalue weighted by Crippen LogP contribution is 2.22. The molecule has 2 heteroatoms. The molecule has 1 heterocycles. The molecule has 0 spiro atoms. The Labute approximate surface area is 121 Å². The van der Waals surface area contributed by atoms with Crippen molar-refractivity contribution in [2.75, 3.05) is 0 Å². The van der Waals surface area contributed by atoms with Gasteiger partial charge >= 0.3 is 0 Å². The van der Waals surface area contributed by atoms with Crippen molar-refractivity contribution in [2.45, 2.75) is 26.2 Å². The average Bonchev–Trinajstić information content (AvgIpc) is 2.37. The van der Waals surface area contributed by atoms with Crippen molar-refractivity contribution in [1.29, 1.82) is 0 Å². The standard InChI is InChI=1S/C17H19N.ClH/c1-17(2,3)15-10-7-14(8-11-15)9-12-16-6-4-5-13-18-16;/h4-13H,1-3H3;1H. The first-order chi connectivity index (χ1) is 8.55. The minimum atomic E-state index is 0. The number of nitrogens with zero attached hydrogens (tertiary/aromatic N) is 1. The first kappa shape index (κ1) is 15.5. The number of rotatable bonds is 2. The topological polar surface area (TPSA) is 12.9 Å². The maximum atomic E-state index is 4.26. The summed E-state index contributed by atoms with van der Waals surface area (Å²) in [5.41, 5.74) is 3.76. The summed E-state index contributed by atoms with van der Waals surface area (Å²) < 4.78 is 0. The molecule has 0 fully saturated rings. The lowest BCUT2D eigenvalue weighted by Crippen LogP contribution is -2.10. The molecule has 0 saturated carbocycles. The molecule has 19 heavy (non-hydrogen) atoms. The van der Waals surface area contributed by atoms with E-state index in [9.17, 15) is 0 Å². The Bertz CT molecular complexity index is 521. The third-order valence-electron chi connectivity index (χ3n) is 2.91. The monoisotopic (exact) mass is 273 g/mol. The van der Waals surface area contributed by atoms with Gasteiger partial charge in [-0.25, -0.2) is 0 Å². The summed E-state index contributed by atoms with van der Waals surface area (Å²) in [6.45, 7) is 6.68. The van der Waals surface area contributed by atoms with Crippen molar-refractivity contribution in [3.8, 4) is 0 Å². The Balaban J connectivity index is 0.00000180. The van der Waals surface area contributed by atoms with Crippen LogP contribution >= 0.6 is 12.4 Å². The van der Waals surface area contributed by atoms with Gasteiger partial charge in [0.05, 0.1) is 5.69 Å². The van der Waals surface area contributed by atoms with Gasteiger partial charge in [0.15, 0.2) is 0 Å². The van der Waals surface area contributed by atoms with Crippen LogP contribution in [0.4, 0.5) is 0 Å². The quantitative estimate of drug-likeness (QED) is 0.753. The average molecular weight is 274 g/mol. The highest BCUT2D eigenvalue weighted by molar-refractivity contribution is 5.85. The summed E-state index contributed by atoms with van der Waals surface area (Å²) in [4.78, 5) is 4.26. The van der Waals surface area contributed by atoms with E-state index in [1.54, 1.807) is 0 Å². The fourth-order valence-electron chi connectivity index (χ4n) is 1.75. The third-order valence-corrected chi connectivity index (χ3v) is 2.91. The minimum Gasteiger partial charge on any atom is -0.257 e. The molecule has 1 aromatic heterocycles. The highest BCUT2D eigenvalue weighted by Gasteiger charge is 2.12. The van der Waals surface area contributed by atoms with Gasteiger partial charge in [0, 0.05) is 6.20 Å². The van der Waals surface area contributed by atoms with E-state index in [-0.39, 0.29) is 17.8 Å². The van der Waals surface area contributed by atoms with E-state index in [4.69, 9.17) is 0 Å². The molecule has 0 unspecified atom stereocenters. The number of pyridine rings is 1. The Kier molecular flexibility index (Phi) is 5.31. The van der Waals surface area contributed by atoms with Gasteiger partial charge in [0.1, 0.15) is 0 Å². The van der Waals surface area contributed by atoms with Crippen LogP contribution in [-0.4, -0.2) is 4.98 Å². The largest absolute Gasteiger partial charge is 0.257 e. The number of hydrogen-bond donors (Lipinski definition) is 0. The van der Waals surface area contributed by atoms with E-state index in [1.165, 1.54) is 11.1 Å². The second-order valence-corrected chi connectivity index (χ2v) is 5.46. The molecule has 0 amide bonds. The summed E-state index contributed by atoms with van der Waals surface area (Å²) in [5, 5.41) is 0. The summed E-state index contributed by atoms with van der Waals surface area (Å²) in [6.07, 6.45) is 5.93. The molecule has 0 N–H and O–H groups in total. The van der Waals surface area contributed by atoms with Gasteiger partial charge in [0.25, 0.3) is 0 Å². The Morgan fingerprint density at radius 1 is 0.895 bits per heavy atom. The van der Waals surface area contributed by atoms with Crippen LogP contribution in [0.1, 0.15) is 37.6 Å². The zero-order valence-electron chi connectivity index (χ0n) is 11.6. The first-order valence-electron chi connectivity index (χ1n) is 6.25. The van der Waals surface area contributed by atoms with Gasteiger partial charge in [0.2, 0.25) is 0 Å². The Morgan fingerprint density at radius 3 is 2.11 bits per heavy atom. The summed E-state index contributed by atoms with van der Waals surface area (Å²) >= 11 is 0. The van der Waals surface area contributed by atoms with Crippen molar-refractivity contribution in [3.05, 3.63) is 65.5 Å². The Morgan fingerprint density at radius 2 is 1.58 bits per heavy atom. The van der Waals surface area contributed by atoms with Gasteiger partial charge in [-0.1, -0.05) is 57.2 Å². The van der Waals surface area contributed by atoms with Crippen LogP contribution in [0.2, 0.25) is 0 Å². The van der Waals surface area contributed by atoms with Crippen LogP contribution in [0.25, 0.3) is 12.2 Å². The van der Waals surface area contributed by atoms with E-state index in [1.807, 2.05) is 30.5 Å². The van der Waals surface area contributed by atoms with Crippen LogP contribution in [0.15, 0.2) is 48.7 Å². The lowest BCUT2D eigenvalue weighted by Gasteiger charge is -2.18. The van der Waals surface area contributed by atoms with Crippen LogP contribution in [0, 0.1) is 0 Å². The van der Waals surface area contributed by atoms with Crippen molar-refractivity contribution in [1.82, 2.24) is 4.98 Å². The van der Waals surface area contributed by atoms with E-state index >= 15 is 0 Å². The van der Waals surface area contributed by atoms with E-state index in [2.05, 4.69) is 56.1 Å². The maximum Gasteiger partial charge on any atom is 0.0629 e. The fourth-order valence-corrected chi connectivity index (χ4v) is 1.75. The predicted octanol–water partition coefficient (Wildman–Crippen LogP) is 4.97. The second-order valence-electron chi connectivity index (χ2n) is 5.46. The summed E-state index contributed by atoms with van der Waals surface area (Å²) in [5.74, 6) is 0. The molecule has 1 nitrogen and oxygen atoms in total. The normalized spacial score (nSPS) is 11.3. The number of aromatic nitrogens is 1. The number of hydrogen-bond acceptors (Lipinski definition) is 1. The molecule has 0 aliphatic heterocycles. The fraction of sp³-hybridized carbons (Fsp3) is 0.235. The smallest absolute Gasteiger partial charge is 0.0629 e. The van der Waals surface area contributed by atoms with Crippen LogP contribution < -0.4 is 0 Å². The van der Waals surface area contributed by atoms with Gasteiger partial charge < -0.3 is 0 Å². The number of benzene rings is 1. The lowest BCUT2D eigenvalue weighted by atomic mass is 9.87.